The Bertz CT molecular complexity index is 1560. The molecule has 0 spiro atoms. The van der Waals surface area contributed by atoms with Gasteiger partial charge in [-0.1, -0.05) is 18.2 Å². The van der Waals surface area contributed by atoms with E-state index in [0.717, 1.165) is 0 Å². The van der Waals surface area contributed by atoms with E-state index in [4.69, 9.17) is 10.9 Å². The summed E-state index contributed by atoms with van der Waals surface area (Å²) in [7, 11) is -8.56. The topological polar surface area (TPSA) is 215 Å². The molecule has 32 heavy (non-hydrogen) atoms. The number of nitrogens with zero attached hydrogens (tertiary/aromatic N) is 4. The predicted octanol–water partition coefficient (Wildman–Crippen LogP) is -0.615. The fraction of sp³-hybridized carbons (Fsp3) is 0.176. The molecule has 0 atom stereocenters. The number of anilines is 1. The highest BCUT2D eigenvalue weighted by molar-refractivity contribution is 7.94. The van der Waals surface area contributed by atoms with E-state index < -0.39 is 34.9 Å². The minimum Gasteiger partial charge on any atom is -0.382 e. The van der Waals surface area contributed by atoms with E-state index in [2.05, 4.69) is 36.1 Å². The molecule has 166 valence electrons. The molecule has 2 aromatic carbocycles. The molecule has 13 nitrogen and oxygen atoms in total. The van der Waals surface area contributed by atoms with Crippen molar-refractivity contribution in [2.45, 2.75) is 15.0 Å². The van der Waals surface area contributed by atoms with Crippen LogP contribution in [0.1, 0.15) is 0 Å². The van der Waals surface area contributed by atoms with Crippen molar-refractivity contribution in [2.24, 2.45) is 5.14 Å². The Kier molecular flexibility index (Phi) is 4.52. The molecule has 5 rings (SSSR count). The third-order valence-corrected chi connectivity index (χ3v) is 8.67. The Labute approximate surface area is 181 Å². The number of sulfone groups is 1. The van der Waals surface area contributed by atoms with Crippen LogP contribution in [0.15, 0.2) is 40.1 Å². The lowest BCUT2D eigenvalue weighted by Crippen LogP contribution is -2.51. The number of fused-ring (bicyclic) bond motifs is 1. The van der Waals surface area contributed by atoms with Crippen molar-refractivity contribution < 1.29 is 16.8 Å². The zero-order chi connectivity index (χ0) is 22.7. The van der Waals surface area contributed by atoms with Crippen molar-refractivity contribution in [3.63, 3.8) is 0 Å². The smallest absolute Gasteiger partial charge is 0.240 e. The molecule has 0 bridgehead atoms. The van der Waals surface area contributed by atoms with E-state index in [9.17, 15) is 16.8 Å². The number of sulfonamides is 1. The quantitative estimate of drug-likeness (QED) is 0.246. The number of rotatable bonds is 5. The van der Waals surface area contributed by atoms with Crippen LogP contribution in [0.25, 0.3) is 33.4 Å². The minimum atomic E-state index is -4.54. The molecular formula is C17H17N9O4S2. The van der Waals surface area contributed by atoms with Gasteiger partial charge in [-0.2, -0.15) is 5.10 Å². The van der Waals surface area contributed by atoms with E-state index in [1.54, 1.807) is 18.2 Å². The molecule has 1 fully saturated rings. The number of primary sulfonamides is 1. The van der Waals surface area contributed by atoms with Gasteiger partial charge < -0.3 is 11.1 Å². The molecule has 0 radical (unpaired) electrons. The lowest BCUT2D eigenvalue weighted by Gasteiger charge is -2.28. The van der Waals surface area contributed by atoms with E-state index in [1.807, 2.05) is 0 Å². The van der Waals surface area contributed by atoms with Crippen LogP contribution in [0.3, 0.4) is 0 Å². The molecule has 15 heteroatoms. The van der Waals surface area contributed by atoms with Gasteiger partial charge >= 0.3 is 0 Å². The lowest BCUT2D eigenvalue weighted by molar-refractivity contribution is 0.493. The number of tetrazole rings is 1. The molecule has 2 aromatic heterocycles. The zero-order valence-electron chi connectivity index (χ0n) is 16.3. The highest BCUT2D eigenvalue weighted by atomic mass is 32.2. The van der Waals surface area contributed by atoms with Gasteiger partial charge in [-0.3, -0.25) is 5.10 Å². The molecule has 0 unspecified atom stereocenters. The van der Waals surface area contributed by atoms with E-state index >= 15 is 0 Å². The second kappa shape index (κ2) is 7.06. The largest absolute Gasteiger partial charge is 0.382 e. The van der Waals surface area contributed by atoms with E-state index in [0.29, 0.717) is 22.0 Å². The van der Waals surface area contributed by atoms with Crippen molar-refractivity contribution in [2.75, 3.05) is 18.8 Å². The highest BCUT2D eigenvalue weighted by Crippen LogP contribution is 2.42. The third kappa shape index (κ3) is 3.05. The molecular weight excluding hydrogens is 458 g/mol. The van der Waals surface area contributed by atoms with Crippen molar-refractivity contribution in [3.05, 3.63) is 30.3 Å². The summed E-state index contributed by atoms with van der Waals surface area (Å²) in [5.74, 6) is 0.124. The summed E-state index contributed by atoms with van der Waals surface area (Å²) in [6, 6.07) is 7.91. The van der Waals surface area contributed by atoms with Crippen LogP contribution in [-0.2, 0) is 19.9 Å². The number of benzene rings is 2. The van der Waals surface area contributed by atoms with Crippen LogP contribution in [0.2, 0.25) is 0 Å². The molecule has 1 aliphatic rings. The molecule has 1 aliphatic heterocycles. The summed E-state index contributed by atoms with van der Waals surface area (Å²) >= 11 is 0. The standard InChI is InChI=1S/C17H17N9O4S2/c18-16-13-9(2-1-3-11(13)21-22-16)10-4-5-12(31(27,28)8-6-20-7-8)15(32(19,29)30)14(10)17-23-25-26-24-17/h1-5,8,20H,6-7H2,(H3,18,21,22)(H2,19,29,30)(H,23,24,25,26). The highest BCUT2D eigenvalue weighted by Gasteiger charge is 2.38. The van der Waals surface area contributed by atoms with Crippen molar-refractivity contribution in [1.29, 1.82) is 0 Å². The van der Waals surface area contributed by atoms with Gasteiger partial charge in [0.1, 0.15) is 4.90 Å². The average molecular weight is 476 g/mol. The minimum absolute atomic E-state index is 0.0631. The first-order chi connectivity index (χ1) is 15.2. The molecule has 0 saturated carbocycles. The van der Waals surface area contributed by atoms with E-state index in [1.165, 1.54) is 12.1 Å². The number of nitrogens with two attached hydrogens (primary N) is 2. The molecule has 3 heterocycles. The van der Waals surface area contributed by atoms with E-state index in [-0.39, 0.29) is 30.3 Å². The number of aromatic nitrogens is 6. The van der Waals surface area contributed by atoms with Crippen LogP contribution in [-0.4, -0.2) is 66.0 Å². The monoisotopic (exact) mass is 475 g/mol. The number of nitrogen functional groups attached to an aromatic ring is 1. The van der Waals surface area contributed by atoms with Gasteiger partial charge in [0.25, 0.3) is 0 Å². The number of hydrogen-bond acceptors (Lipinski definition) is 10. The maximum absolute atomic E-state index is 13.2. The molecule has 1 saturated heterocycles. The summed E-state index contributed by atoms with van der Waals surface area (Å²) in [6.07, 6.45) is 0. The number of nitrogens with one attached hydrogen (secondary N) is 3. The van der Waals surface area contributed by atoms with Gasteiger partial charge in [0.15, 0.2) is 21.5 Å². The Morgan fingerprint density at radius 3 is 2.41 bits per heavy atom. The van der Waals surface area contributed by atoms with Gasteiger partial charge in [0.2, 0.25) is 10.0 Å². The Hall–Kier alpha value is -3.40. The third-order valence-electron chi connectivity index (χ3n) is 5.39. The first kappa shape index (κ1) is 20.5. The van der Waals surface area contributed by atoms with Crippen molar-refractivity contribution in [3.8, 4) is 22.5 Å². The molecule has 0 amide bonds. The Morgan fingerprint density at radius 1 is 1.00 bits per heavy atom. The normalized spacial score (nSPS) is 15.2. The fourth-order valence-electron chi connectivity index (χ4n) is 3.78. The van der Waals surface area contributed by atoms with Gasteiger partial charge in [0, 0.05) is 18.7 Å². The Balaban J connectivity index is 1.92. The van der Waals surface area contributed by atoms with Gasteiger partial charge in [-0.05, 0) is 33.7 Å². The number of H-pyrrole nitrogens is 2. The summed E-state index contributed by atoms with van der Waals surface area (Å²) in [5.41, 5.74) is 7.39. The van der Waals surface area contributed by atoms with Crippen LogP contribution in [0, 0.1) is 0 Å². The maximum Gasteiger partial charge on any atom is 0.240 e. The first-order valence-electron chi connectivity index (χ1n) is 9.31. The molecule has 0 aliphatic carbocycles. The lowest BCUT2D eigenvalue weighted by atomic mass is 9.96. The van der Waals surface area contributed by atoms with Crippen LogP contribution >= 0.6 is 0 Å². The number of hydrogen-bond donors (Lipinski definition) is 5. The summed E-state index contributed by atoms with van der Waals surface area (Å²) in [6.45, 7) is 0.413. The Morgan fingerprint density at radius 2 is 1.78 bits per heavy atom. The number of aromatic amines is 2. The molecule has 4 aromatic rings. The predicted molar refractivity (Wildman–Crippen MR) is 114 cm³/mol. The second-order valence-electron chi connectivity index (χ2n) is 7.27. The maximum atomic E-state index is 13.2. The van der Waals surface area contributed by atoms with Gasteiger partial charge in [0.05, 0.1) is 21.0 Å². The summed E-state index contributed by atoms with van der Waals surface area (Å²) in [5, 5.41) is 28.4. The fourth-order valence-corrected chi connectivity index (χ4v) is 6.97. The molecule has 7 N–H and O–H groups in total. The van der Waals surface area contributed by atoms with Gasteiger partial charge in [-0.25, -0.2) is 27.1 Å². The summed E-state index contributed by atoms with van der Waals surface area (Å²) < 4.78 is 52.0. The van der Waals surface area contributed by atoms with Crippen LogP contribution < -0.4 is 16.2 Å². The van der Waals surface area contributed by atoms with Crippen molar-refractivity contribution in [1.82, 2.24) is 36.1 Å². The van der Waals surface area contributed by atoms with Gasteiger partial charge in [-0.15, -0.1) is 5.10 Å². The zero-order valence-corrected chi connectivity index (χ0v) is 17.9. The SMILES string of the molecule is Nc1n[nH]c2cccc(-c3ccc(S(=O)(=O)C4CNC4)c(S(N)(=O)=O)c3-c3nnn[nH]3)c12. The second-order valence-corrected chi connectivity index (χ2v) is 11.0. The van der Waals surface area contributed by atoms with Crippen LogP contribution in [0.5, 0.6) is 0 Å². The average Bonchev–Trinajstić information content (AvgIpc) is 3.35. The first-order valence-corrected chi connectivity index (χ1v) is 12.4. The van der Waals surface area contributed by atoms with Crippen LogP contribution in [0.4, 0.5) is 5.82 Å². The summed E-state index contributed by atoms with van der Waals surface area (Å²) in [4.78, 5) is -0.992. The van der Waals surface area contributed by atoms with Crippen molar-refractivity contribution >= 4 is 36.6 Å².